The Hall–Kier alpha value is -2.45. The summed E-state index contributed by atoms with van der Waals surface area (Å²) in [6, 6.07) is 3.54. The number of nitrogens with zero attached hydrogens (tertiary/aromatic N) is 5. The zero-order valence-corrected chi connectivity index (χ0v) is 15.5. The Balaban J connectivity index is 1.68. The van der Waals surface area contributed by atoms with Crippen molar-refractivity contribution in [1.82, 2.24) is 24.5 Å². The Bertz CT molecular complexity index is 954. The molecule has 26 heavy (non-hydrogen) atoms. The number of amides is 1. The molecule has 3 rings (SSSR count). The number of aromatic nitrogens is 5. The SMILES string of the molecule is Cc1c(Cl)cnn1C(C)C(=O)Nc1ncn(Cc2ccc(F)cc2Cl)n1. The average molecular weight is 397 g/mol. The van der Waals surface area contributed by atoms with Crippen molar-refractivity contribution in [3.05, 3.63) is 57.8 Å². The highest BCUT2D eigenvalue weighted by Crippen LogP contribution is 2.19. The molecular weight excluding hydrogens is 382 g/mol. The van der Waals surface area contributed by atoms with Crippen molar-refractivity contribution >= 4 is 35.1 Å². The van der Waals surface area contributed by atoms with Crippen LogP contribution in [0.25, 0.3) is 0 Å². The van der Waals surface area contributed by atoms with Crippen LogP contribution in [-0.2, 0) is 11.3 Å². The van der Waals surface area contributed by atoms with Crippen molar-refractivity contribution in [1.29, 1.82) is 0 Å². The highest BCUT2D eigenvalue weighted by atomic mass is 35.5. The van der Waals surface area contributed by atoms with Gasteiger partial charge in [-0.25, -0.2) is 14.1 Å². The van der Waals surface area contributed by atoms with Crippen LogP contribution in [0.15, 0.2) is 30.7 Å². The largest absolute Gasteiger partial charge is 0.291 e. The van der Waals surface area contributed by atoms with Crippen LogP contribution in [0, 0.1) is 12.7 Å². The lowest BCUT2D eigenvalue weighted by Gasteiger charge is -2.12. The van der Waals surface area contributed by atoms with Crippen molar-refractivity contribution in [2.45, 2.75) is 26.4 Å². The summed E-state index contributed by atoms with van der Waals surface area (Å²) in [5.74, 6) is -0.588. The maximum atomic E-state index is 13.1. The van der Waals surface area contributed by atoms with Crippen LogP contribution in [0.2, 0.25) is 10.0 Å². The standard InChI is InChI=1S/C16H15Cl2FN6O/c1-9-14(18)6-21-25(9)10(2)15(26)22-16-20-8-24(23-16)7-11-3-4-12(19)5-13(11)17/h3-6,8,10H,7H2,1-2H3,(H,22,23,26). The molecule has 3 aromatic rings. The van der Waals surface area contributed by atoms with Gasteiger partial charge in [-0.05, 0) is 31.5 Å². The van der Waals surface area contributed by atoms with Crippen LogP contribution in [0.1, 0.15) is 24.2 Å². The molecule has 1 N–H and O–H groups in total. The summed E-state index contributed by atoms with van der Waals surface area (Å²) in [6.45, 7) is 3.77. The molecule has 1 atom stereocenters. The maximum absolute atomic E-state index is 13.1. The predicted octanol–water partition coefficient (Wildman–Crippen LogP) is 3.48. The normalized spacial score (nSPS) is 12.2. The number of carbonyl (C=O) groups excluding carboxylic acids is 1. The Labute approximate surface area is 158 Å². The number of nitrogens with one attached hydrogen (secondary N) is 1. The minimum Gasteiger partial charge on any atom is -0.291 e. The molecule has 2 heterocycles. The van der Waals surface area contributed by atoms with Crippen molar-refractivity contribution < 1.29 is 9.18 Å². The topological polar surface area (TPSA) is 77.6 Å². The molecular formula is C16H15Cl2FN6O. The van der Waals surface area contributed by atoms with Gasteiger partial charge in [0.1, 0.15) is 18.2 Å². The Morgan fingerprint density at radius 2 is 2.12 bits per heavy atom. The van der Waals surface area contributed by atoms with E-state index >= 15 is 0 Å². The maximum Gasteiger partial charge on any atom is 0.251 e. The summed E-state index contributed by atoms with van der Waals surface area (Å²) in [4.78, 5) is 16.4. The second kappa shape index (κ2) is 7.43. The lowest BCUT2D eigenvalue weighted by Crippen LogP contribution is -2.25. The molecule has 1 amide bonds. The van der Waals surface area contributed by atoms with Gasteiger partial charge >= 0.3 is 0 Å². The highest BCUT2D eigenvalue weighted by Gasteiger charge is 2.20. The molecule has 0 saturated heterocycles. The second-order valence-electron chi connectivity index (χ2n) is 5.69. The summed E-state index contributed by atoms with van der Waals surface area (Å²) in [5.41, 5.74) is 1.38. The summed E-state index contributed by atoms with van der Waals surface area (Å²) >= 11 is 12.0. The first-order chi connectivity index (χ1) is 12.3. The van der Waals surface area contributed by atoms with Gasteiger partial charge in [0.05, 0.1) is 23.5 Å². The van der Waals surface area contributed by atoms with Crippen molar-refractivity contribution in [3.63, 3.8) is 0 Å². The molecule has 0 aliphatic heterocycles. The van der Waals surface area contributed by atoms with Crippen molar-refractivity contribution in [2.75, 3.05) is 5.32 Å². The van der Waals surface area contributed by atoms with Gasteiger partial charge in [-0.3, -0.25) is 14.8 Å². The van der Waals surface area contributed by atoms with Crippen LogP contribution >= 0.6 is 23.2 Å². The number of hydrogen-bond donors (Lipinski definition) is 1. The Morgan fingerprint density at radius 1 is 1.35 bits per heavy atom. The molecule has 2 aromatic heterocycles. The zero-order chi connectivity index (χ0) is 18.8. The predicted molar refractivity (Wildman–Crippen MR) is 95.8 cm³/mol. The third kappa shape index (κ3) is 3.86. The molecule has 0 spiro atoms. The van der Waals surface area contributed by atoms with E-state index in [0.29, 0.717) is 27.8 Å². The first-order valence-electron chi connectivity index (χ1n) is 7.69. The number of hydrogen-bond acceptors (Lipinski definition) is 4. The fourth-order valence-electron chi connectivity index (χ4n) is 2.37. The highest BCUT2D eigenvalue weighted by molar-refractivity contribution is 6.31. The van der Waals surface area contributed by atoms with Crippen LogP contribution in [0.4, 0.5) is 10.3 Å². The third-order valence-corrected chi connectivity index (χ3v) is 4.57. The summed E-state index contributed by atoms with van der Waals surface area (Å²) in [7, 11) is 0. The van der Waals surface area contributed by atoms with Crippen molar-refractivity contribution in [3.8, 4) is 0 Å². The first-order valence-corrected chi connectivity index (χ1v) is 8.44. The van der Waals surface area contributed by atoms with E-state index in [1.165, 1.54) is 34.0 Å². The molecule has 10 heteroatoms. The molecule has 0 fully saturated rings. The van der Waals surface area contributed by atoms with Crippen molar-refractivity contribution in [2.24, 2.45) is 0 Å². The van der Waals surface area contributed by atoms with Gasteiger partial charge < -0.3 is 0 Å². The van der Waals surface area contributed by atoms with E-state index in [1.807, 2.05) is 0 Å². The lowest BCUT2D eigenvalue weighted by molar-refractivity contribution is -0.119. The molecule has 7 nitrogen and oxygen atoms in total. The zero-order valence-electron chi connectivity index (χ0n) is 13.9. The number of anilines is 1. The average Bonchev–Trinajstić information content (AvgIpc) is 3.17. The van der Waals surface area contributed by atoms with E-state index in [9.17, 15) is 9.18 Å². The fraction of sp³-hybridized carbons (Fsp3) is 0.250. The molecule has 0 radical (unpaired) electrons. The molecule has 0 bridgehead atoms. The molecule has 1 aromatic carbocycles. The third-order valence-electron chi connectivity index (χ3n) is 3.85. The number of halogens is 3. The summed E-state index contributed by atoms with van der Waals surface area (Å²) in [5, 5.41) is 11.7. The van der Waals surface area contributed by atoms with E-state index in [1.54, 1.807) is 19.9 Å². The van der Waals surface area contributed by atoms with E-state index in [-0.39, 0.29) is 11.9 Å². The van der Waals surface area contributed by atoms with Gasteiger partial charge in [-0.15, -0.1) is 5.10 Å². The number of carbonyl (C=O) groups is 1. The minimum atomic E-state index is -0.582. The van der Waals surface area contributed by atoms with E-state index in [2.05, 4.69) is 20.5 Å². The van der Waals surface area contributed by atoms with Gasteiger partial charge in [-0.1, -0.05) is 29.3 Å². The summed E-state index contributed by atoms with van der Waals surface area (Å²) < 4.78 is 16.1. The van der Waals surface area contributed by atoms with Crippen LogP contribution in [-0.4, -0.2) is 30.5 Å². The van der Waals surface area contributed by atoms with E-state index < -0.39 is 11.9 Å². The van der Waals surface area contributed by atoms with Gasteiger partial charge in [0, 0.05) is 5.02 Å². The number of benzene rings is 1. The Kier molecular flexibility index (Phi) is 5.24. The van der Waals surface area contributed by atoms with Crippen LogP contribution in [0.3, 0.4) is 0 Å². The quantitative estimate of drug-likeness (QED) is 0.715. The lowest BCUT2D eigenvalue weighted by atomic mass is 10.2. The van der Waals surface area contributed by atoms with Gasteiger partial charge in [0.15, 0.2) is 0 Å². The second-order valence-corrected chi connectivity index (χ2v) is 6.50. The van der Waals surface area contributed by atoms with E-state index in [0.717, 1.165) is 0 Å². The minimum absolute atomic E-state index is 0.149. The van der Waals surface area contributed by atoms with Crippen LogP contribution < -0.4 is 5.32 Å². The Morgan fingerprint density at radius 3 is 2.77 bits per heavy atom. The van der Waals surface area contributed by atoms with Gasteiger partial charge in [-0.2, -0.15) is 5.10 Å². The summed E-state index contributed by atoms with van der Waals surface area (Å²) in [6.07, 6.45) is 2.94. The number of rotatable bonds is 5. The molecule has 0 aliphatic carbocycles. The molecule has 1 unspecified atom stereocenters. The first kappa shape index (κ1) is 18.3. The molecule has 0 aliphatic rings. The smallest absolute Gasteiger partial charge is 0.251 e. The molecule has 0 saturated carbocycles. The van der Waals surface area contributed by atoms with E-state index in [4.69, 9.17) is 23.2 Å². The fourth-order valence-corrected chi connectivity index (χ4v) is 2.73. The monoisotopic (exact) mass is 396 g/mol. The van der Waals surface area contributed by atoms with Gasteiger partial charge in [0.2, 0.25) is 5.95 Å². The molecule has 136 valence electrons. The van der Waals surface area contributed by atoms with Crippen LogP contribution in [0.5, 0.6) is 0 Å². The van der Waals surface area contributed by atoms with Gasteiger partial charge in [0.25, 0.3) is 5.91 Å².